The number of pyridine rings is 1. The number of ether oxygens (including phenoxy) is 1. The number of benzene rings is 1. The van der Waals surface area contributed by atoms with Crippen molar-refractivity contribution in [3.05, 3.63) is 47.5 Å². The van der Waals surface area contributed by atoms with Crippen molar-refractivity contribution in [3.8, 4) is 5.88 Å². The molecule has 104 valence electrons. The van der Waals surface area contributed by atoms with Gasteiger partial charge in [-0.1, -0.05) is 12.1 Å². The van der Waals surface area contributed by atoms with Gasteiger partial charge in [0.05, 0.1) is 7.11 Å². The van der Waals surface area contributed by atoms with Crippen molar-refractivity contribution in [2.45, 2.75) is 25.7 Å². The van der Waals surface area contributed by atoms with Crippen LogP contribution >= 0.6 is 0 Å². The van der Waals surface area contributed by atoms with Gasteiger partial charge in [-0.15, -0.1) is 0 Å². The number of aromatic nitrogens is 1. The second-order valence-corrected chi connectivity index (χ2v) is 5.26. The Bertz CT molecular complexity index is 610. The van der Waals surface area contributed by atoms with Gasteiger partial charge >= 0.3 is 0 Å². The molecule has 1 aromatic heterocycles. The number of fused-ring (bicyclic) bond motifs is 1. The third kappa shape index (κ3) is 2.48. The molecule has 0 aliphatic heterocycles. The van der Waals surface area contributed by atoms with Crippen molar-refractivity contribution in [2.75, 3.05) is 19.1 Å². The van der Waals surface area contributed by atoms with E-state index < -0.39 is 0 Å². The largest absolute Gasteiger partial charge is 0.481 e. The van der Waals surface area contributed by atoms with E-state index in [4.69, 9.17) is 4.74 Å². The normalized spacial score (nSPS) is 13.7. The van der Waals surface area contributed by atoms with Crippen LogP contribution in [0.4, 0.5) is 11.5 Å². The minimum atomic E-state index is 0.646. The van der Waals surface area contributed by atoms with E-state index >= 15 is 0 Å². The molecule has 3 heteroatoms. The maximum Gasteiger partial charge on any atom is 0.214 e. The Morgan fingerprint density at radius 1 is 1.05 bits per heavy atom. The van der Waals surface area contributed by atoms with E-state index in [0.717, 1.165) is 5.82 Å². The molecule has 3 nitrogen and oxygen atoms in total. The summed E-state index contributed by atoms with van der Waals surface area (Å²) in [6.07, 6.45) is 5.04. The summed E-state index contributed by atoms with van der Waals surface area (Å²) >= 11 is 0. The molecule has 1 aromatic carbocycles. The third-order valence-corrected chi connectivity index (χ3v) is 3.98. The SMILES string of the molecule is COc1cccc(N(C)c2ccc3c(c2)CCCC3)n1. The van der Waals surface area contributed by atoms with E-state index in [2.05, 4.69) is 28.1 Å². The Morgan fingerprint density at radius 3 is 2.65 bits per heavy atom. The molecule has 0 amide bonds. The molecule has 1 aliphatic rings. The predicted octanol–water partition coefficient (Wildman–Crippen LogP) is 3.74. The van der Waals surface area contributed by atoms with E-state index in [9.17, 15) is 0 Å². The lowest BCUT2D eigenvalue weighted by Gasteiger charge is -2.22. The van der Waals surface area contributed by atoms with Crippen LogP contribution in [0, 0.1) is 0 Å². The molecule has 2 aromatic rings. The van der Waals surface area contributed by atoms with Gasteiger partial charge in [0.25, 0.3) is 0 Å². The van der Waals surface area contributed by atoms with Crippen molar-refractivity contribution in [1.29, 1.82) is 0 Å². The van der Waals surface area contributed by atoms with Crippen LogP contribution in [-0.4, -0.2) is 19.1 Å². The van der Waals surface area contributed by atoms with Gasteiger partial charge in [-0.05, 0) is 55.0 Å². The second kappa shape index (κ2) is 5.53. The molecule has 0 spiro atoms. The molecule has 0 bridgehead atoms. The molecule has 0 fully saturated rings. The Hall–Kier alpha value is -2.03. The lowest BCUT2D eigenvalue weighted by Crippen LogP contribution is -2.13. The average molecular weight is 268 g/mol. The Balaban J connectivity index is 1.91. The molecule has 1 aliphatic carbocycles. The first-order valence-corrected chi connectivity index (χ1v) is 7.14. The number of methoxy groups -OCH3 is 1. The molecule has 0 saturated heterocycles. The third-order valence-electron chi connectivity index (χ3n) is 3.98. The van der Waals surface area contributed by atoms with Gasteiger partial charge in [-0.3, -0.25) is 0 Å². The number of aryl methyl sites for hydroxylation is 2. The van der Waals surface area contributed by atoms with Crippen molar-refractivity contribution in [2.24, 2.45) is 0 Å². The highest BCUT2D eigenvalue weighted by atomic mass is 16.5. The van der Waals surface area contributed by atoms with E-state index in [1.807, 2.05) is 25.2 Å². The average Bonchev–Trinajstić information content (AvgIpc) is 2.53. The van der Waals surface area contributed by atoms with Gasteiger partial charge in [0.15, 0.2) is 0 Å². The first-order valence-electron chi connectivity index (χ1n) is 7.14. The zero-order valence-corrected chi connectivity index (χ0v) is 12.1. The van der Waals surface area contributed by atoms with E-state index in [0.29, 0.717) is 5.88 Å². The summed E-state index contributed by atoms with van der Waals surface area (Å²) in [4.78, 5) is 6.59. The van der Waals surface area contributed by atoms with Gasteiger partial charge in [0.2, 0.25) is 5.88 Å². The molecule has 0 N–H and O–H groups in total. The fourth-order valence-corrected chi connectivity index (χ4v) is 2.77. The highest BCUT2D eigenvalue weighted by Crippen LogP contribution is 2.29. The molecule has 0 saturated carbocycles. The summed E-state index contributed by atoms with van der Waals surface area (Å²) < 4.78 is 5.19. The molecular formula is C17H20N2O. The maximum absolute atomic E-state index is 5.19. The molecule has 0 radical (unpaired) electrons. The van der Waals surface area contributed by atoms with Crippen molar-refractivity contribution < 1.29 is 4.74 Å². The minimum Gasteiger partial charge on any atom is -0.481 e. The van der Waals surface area contributed by atoms with Gasteiger partial charge in [-0.25, -0.2) is 0 Å². The van der Waals surface area contributed by atoms with Gasteiger partial charge < -0.3 is 9.64 Å². The summed E-state index contributed by atoms with van der Waals surface area (Å²) in [6, 6.07) is 12.6. The Morgan fingerprint density at radius 2 is 1.85 bits per heavy atom. The zero-order chi connectivity index (χ0) is 13.9. The zero-order valence-electron chi connectivity index (χ0n) is 12.1. The molecule has 3 rings (SSSR count). The summed E-state index contributed by atoms with van der Waals surface area (Å²) in [7, 11) is 3.69. The van der Waals surface area contributed by atoms with Crippen molar-refractivity contribution in [1.82, 2.24) is 4.98 Å². The molecule has 1 heterocycles. The fraction of sp³-hybridized carbons (Fsp3) is 0.353. The van der Waals surface area contributed by atoms with Crippen LogP contribution in [0.2, 0.25) is 0 Å². The Labute approximate surface area is 120 Å². The number of anilines is 2. The van der Waals surface area contributed by atoms with Crippen LogP contribution in [0.3, 0.4) is 0 Å². The maximum atomic E-state index is 5.19. The summed E-state index contributed by atoms with van der Waals surface area (Å²) in [5.74, 6) is 1.55. The van der Waals surface area contributed by atoms with E-state index in [-0.39, 0.29) is 0 Å². The summed E-state index contributed by atoms with van der Waals surface area (Å²) in [6.45, 7) is 0. The van der Waals surface area contributed by atoms with Crippen LogP contribution in [0.5, 0.6) is 5.88 Å². The smallest absolute Gasteiger partial charge is 0.214 e. The van der Waals surface area contributed by atoms with Gasteiger partial charge in [0.1, 0.15) is 5.82 Å². The molecular weight excluding hydrogens is 248 g/mol. The lowest BCUT2D eigenvalue weighted by molar-refractivity contribution is 0.398. The van der Waals surface area contributed by atoms with Crippen molar-refractivity contribution >= 4 is 11.5 Å². The van der Waals surface area contributed by atoms with E-state index in [1.54, 1.807) is 7.11 Å². The highest BCUT2D eigenvalue weighted by Gasteiger charge is 2.12. The van der Waals surface area contributed by atoms with Crippen molar-refractivity contribution in [3.63, 3.8) is 0 Å². The van der Waals surface area contributed by atoms with E-state index in [1.165, 1.54) is 42.5 Å². The number of rotatable bonds is 3. The fourth-order valence-electron chi connectivity index (χ4n) is 2.77. The summed E-state index contributed by atoms with van der Waals surface area (Å²) in [5.41, 5.74) is 4.18. The predicted molar refractivity (Wildman–Crippen MR) is 81.9 cm³/mol. The van der Waals surface area contributed by atoms with Gasteiger partial charge in [0, 0.05) is 18.8 Å². The minimum absolute atomic E-state index is 0.646. The summed E-state index contributed by atoms with van der Waals surface area (Å²) in [5, 5.41) is 0. The molecule has 0 unspecified atom stereocenters. The monoisotopic (exact) mass is 268 g/mol. The second-order valence-electron chi connectivity index (χ2n) is 5.26. The van der Waals surface area contributed by atoms with Crippen LogP contribution in [0.25, 0.3) is 0 Å². The highest BCUT2D eigenvalue weighted by molar-refractivity contribution is 5.61. The number of hydrogen-bond donors (Lipinski definition) is 0. The van der Waals surface area contributed by atoms with Gasteiger partial charge in [-0.2, -0.15) is 4.98 Å². The number of hydrogen-bond acceptors (Lipinski definition) is 3. The van der Waals surface area contributed by atoms with Crippen LogP contribution in [0.15, 0.2) is 36.4 Å². The Kier molecular flexibility index (Phi) is 3.59. The number of nitrogens with zero attached hydrogens (tertiary/aromatic N) is 2. The van der Waals surface area contributed by atoms with Crippen LogP contribution in [-0.2, 0) is 12.8 Å². The first kappa shape index (κ1) is 13.0. The quantitative estimate of drug-likeness (QED) is 0.848. The lowest BCUT2D eigenvalue weighted by atomic mass is 9.91. The molecule has 0 atom stereocenters. The topological polar surface area (TPSA) is 25.4 Å². The van der Waals surface area contributed by atoms with Crippen LogP contribution in [0.1, 0.15) is 24.0 Å². The standard InChI is InChI=1S/C17H20N2O/c1-19(16-8-5-9-17(18-16)20-2)15-11-10-13-6-3-4-7-14(13)12-15/h5,8-12H,3-4,6-7H2,1-2H3. The van der Waals surface area contributed by atoms with Crippen LogP contribution < -0.4 is 9.64 Å². The molecule has 20 heavy (non-hydrogen) atoms. The first-order chi connectivity index (χ1) is 9.78.